The first-order valence-electron chi connectivity index (χ1n) is 7.62. The van der Waals surface area contributed by atoms with Crippen LogP contribution < -0.4 is 0 Å². The minimum absolute atomic E-state index is 0.0853. The van der Waals surface area contributed by atoms with Gasteiger partial charge in [0.25, 0.3) is 10.0 Å². The summed E-state index contributed by atoms with van der Waals surface area (Å²) < 4.78 is 26.7. The van der Waals surface area contributed by atoms with Crippen molar-refractivity contribution < 1.29 is 13.5 Å². The lowest BCUT2D eigenvalue weighted by Gasteiger charge is -2.38. The number of sulfonamides is 1. The van der Waals surface area contributed by atoms with Crippen LogP contribution in [0.25, 0.3) is 0 Å². The number of hydrogen-bond donors (Lipinski definition) is 1. The van der Waals surface area contributed by atoms with Gasteiger partial charge in [0.15, 0.2) is 5.03 Å². The van der Waals surface area contributed by atoms with Crippen molar-refractivity contribution in [3.63, 3.8) is 0 Å². The first-order valence-corrected chi connectivity index (χ1v) is 9.06. The SMILES string of the molecule is O=S(=O)(c1ccc(CO)cn1)N1CCC2(CCCC2)CC1. The summed E-state index contributed by atoms with van der Waals surface area (Å²) in [6.45, 7) is 1.08. The Bertz CT molecular complexity index is 582. The predicted octanol–water partition coefficient (Wildman–Crippen LogP) is 1.92. The van der Waals surface area contributed by atoms with Crippen LogP contribution in [0.2, 0.25) is 0 Å². The van der Waals surface area contributed by atoms with E-state index in [2.05, 4.69) is 4.98 Å². The van der Waals surface area contributed by atoms with E-state index in [0.717, 1.165) is 12.8 Å². The van der Waals surface area contributed by atoms with Crippen LogP contribution in [0, 0.1) is 5.41 Å². The normalized spacial score (nSPS) is 22.7. The van der Waals surface area contributed by atoms with E-state index in [4.69, 9.17) is 5.11 Å². The molecule has 2 heterocycles. The topological polar surface area (TPSA) is 70.5 Å². The Morgan fingerprint density at radius 2 is 1.81 bits per heavy atom. The third-order valence-corrected chi connectivity index (χ3v) is 6.85. The van der Waals surface area contributed by atoms with Crippen molar-refractivity contribution >= 4 is 10.0 Å². The van der Waals surface area contributed by atoms with Crippen LogP contribution in [0.5, 0.6) is 0 Å². The first-order chi connectivity index (χ1) is 10.1. The fourth-order valence-electron chi connectivity index (χ4n) is 3.62. The average molecular weight is 310 g/mol. The largest absolute Gasteiger partial charge is 0.392 e. The van der Waals surface area contributed by atoms with Gasteiger partial charge in [-0.15, -0.1) is 0 Å². The maximum atomic E-state index is 12.6. The van der Waals surface area contributed by atoms with Crippen molar-refractivity contribution in [1.82, 2.24) is 9.29 Å². The summed E-state index contributed by atoms with van der Waals surface area (Å²) in [6, 6.07) is 3.10. The molecule has 0 amide bonds. The quantitative estimate of drug-likeness (QED) is 0.926. The molecule has 21 heavy (non-hydrogen) atoms. The minimum Gasteiger partial charge on any atom is -0.392 e. The Balaban J connectivity index is 1.73. The molecule has 0 radical (unpaired) electrons. The zero-order chi connectivity index (χ0) is 14.9. The van der Waals surface area contributed by atoms with Crippen molar-refractivity contribution in [2.75, 3.05) is 13.1 Å². The third kappa shape index (κ3) is 2.84. The lowest BCUT2D eigenvalue weighted by Crippen LogP contribution is -2.42. The van der Waals surface area contributed by atoms with E-state index in [1.807, 2.05) is 0 Å². The van der Waals surface area contributed by atoms with Gasteiger partial charge >= 0.3 is 0 Å². The number of aliphatic hydroxyl groups is 1. The molecule has 1 aromatic heterocycles. The molecular formula is C15H22N2O3S. The highest BCUT2D eigenvalue weighted by atomic mass is 32.2. The predicted molar refractivity (Wildman–Crippen MR) is 79.1 cm³/mol. The molecule has 1 aliphatic heterocycles. The summed E-state index contributed by atoms with van der Waals surface area (Å²) in [4.78, 5) is 4.00. The number of pyridine rings is 1. The van der Waals surface area contributed by atoms with Gasteiger partial charge in [0.2, 0.25) is 0 Å². The van der Waals surface area contributed by atoms with Gasteiger partial charge in [-0.2, -0.15) is 4.31 Å². The lowest BCUT2D eigenvalue weighted by atomic mass is 9.78. The highest BCUT2D eigenvalue weighted by Crippen LogP contribution is 2.46. The van der Waals surface area contributed by atoms with Crippen molar-refractivity contribution in [3.8, 4) is 0 Å². The second-order valence-electron chi connectivity index (χ2n) is 6.27. The van der Waals surface area contributed by atoms with Gasteiger partial charge in [0.05, 0.1) is 6.61 Å². The number of hydrogen-bond acceptors (Lipinski definition) is 4. The molecule has 0 atom stereocenters. The highest BCUT2D eigenvalue weighted by Gasteiger charge is 2.40. The molecule has 1 saturated heterocycles. The van der Waals surface area contributed by atoms with Crippen LogP contribution >= 0.6 is 0 Å². The van der Waals surface area contributed by atoms with Crippen LogP contribution in [0.3, 0.4) is 0 Å². The second kappa shape index (κ2) is 5.66. The van der Waals surface area contributed by atoms with Crippen LogP contribution in [-0.4, -0.2) is 35.9 Å². The maximum Gasteiger partial charge on any atom is 0.260 e. The zero-order valence-corrected chi connectivity index (χ0v) is 13.0. The molecule has 1 saturated carbocycles. The highest BCUT2D eigenvalue weighted by molar-refractivity contribution is 7.89. The molecule has 6 heteroatoms. The zero-order valence-electron chi connectivity index (χ0n) is 12.2. The van der Waals surface area contributed by atoms with E-state index in [9.17, 15) is 8.42 Å². The molecular weight excluding hydrogens is 288 g/mol. The number of nitrogens with zero attached hydrogens (tertiary/aromatic N) is 2. The van der Waals surface area contributed by atoms with E-state index in [0.29, 0.717) is 24.1 Å². The first kappa shape index (κ1) is 14.9. The Morgan fingerprint density at radius 3 is 2.33 bits per heavy atom. The summed E-state index contributed by atoms with van der Waals surface area (Å²) in [5.41, 5.74) is 1.03. The second-order valence-corrected chi connectivity index (χ2v) is 8.16. The van der Waals surface area contributed by atoms with E-state index < -0.39 is 10.0 Å². The summed E-state index contributed by atoms with van der Waals surface area (Å²) >= 11 is 0. The third-order valence-electron chi connectivity index (χ3n) is 5.03. The van der Waals surface area contributed by atoms with Crippen molar-refractivity contribution in [2.45, 2.75) is 50.2 Å². The smallest absolute Gasteiger partial charge is 0.260 e. The summed E-state index contributed by atoms with van der Waals surface area (Å²) in [5.74, 6) is 0. The van der Waals surface area contributed by atoms with E-state index in [1.54, 1.807) is 10.4 Å². The number of rotatable bonds is 3. The number of aliphatic hydroxyl groups excluding tert-OH is 1. The molecule has 0 aromatic carbocycles. The monoisotopic (exact) mass is 310 g/mol. The Morgan fingerprint density at radius 1 is 1.14 bits per heavy atom. The Kier molecular flexibility index (Phi) is 4.03. The molecule has 2 aliphatic rings. The summed E-state index contributed by atoms with van der Waals surface area (Å²) in [5, 5.41) is 9.08. The Hall–Kier alpha value is -0.980. The van der Waals surface area contributed by atoms with Gasteiger partial charge in [-0.05, 0) is 42.7 Å². The van der Waals surface area contributed by atoms with E-state index in [-0.39, 0.29) is 11.6 Å². The fraction of sp³-hybridized carbons (Fsp3) is 0.667. The van der Waals surface area contributed by atoms with Crippen molar-refractivity contribution in [1.29, 1.82) is 0 Å². The van der Waals surface area contributed by atoms with Gasteiger partial charge in [0.1, 0.15) is 0 Å². The van der Waals surface area contributed by atoms with E-state index in [1.165, 1.54) is 37.9 Å². The van der Waals surface area contributed by atoms with Gasteiger partial charge < -0.3 is 5.11 Å². The lowest BCUT2D eigenvalue weighted by molar-refractivity contribution is 0.160. The molecule has 1 N–H and O–H groups in total. The molecule has 116 valence electrons. The molecule has 3 rings (SSSR count). The van der Waals surface area contributed by atoms with Crippen molar-refractivity contribution in [2.24, 2.45) is 5.41 Å². The fourth-order valence-corrected chi connectivity index (χ4v) is 4.97. The summed E-state index contributed by atoms with van der Waals surface area (Å²) in [6.07, 6.45) is 8.46. The molecule has 2 fully saturated rings. The van der Waals surface area contributed by atoms with Crippen LogP contribution in [0.15, 0.2) is 23.4 Å². The van der Waals surface area contributed by atoms with Crippen LogP contribution in [0.1, 0.15) is 44.1 Å². The molecule has 0 unspecified atom stereocenters. The minimum atomic E-state index is -3.49. The van der Waals surface area contributed by atoms with Crippen molar-refractivity contribution in [3.05, 3.63) is 23.9 Å². The standard InChI is InChI=1S/C15H22N2O3S/c18-12-13-3-4-14(16-11-13)21(19,20)17-9-7-15(8-10-17)5-1-2-6-15/h3-4,11,18H,1-2,5-10,12H2. The number of aromatic nitrogens is 1. The van der Waals surface area contributed by atoms with Crippen LogP contribution in [-0.2, 0) is 16.6 Å². The molecule has 1 aliphatic carbocycles. The van der Waals surface area contributed by atoms with Crippen LogP contribution in [0.4, 0.5) is 0 Å². The molecule has 1 spiro atoms. The maximum absolute atomic E-state index is 12.6. The molecule has 0 bridgehead atoms. The Labute approximate surface area is 126 Å². The number of piperidine rings is 1. The van der Waals surface area contributed by atoms with Gasteiger partial charge in [0, 0.05) is 19.3 Å². The summed E-state index contributed by atoms with van der Waals surface area (Å²) in [7, 11) is -3.49. The van der Waals surface area contributed by atoms with E-state index >= 15 is 0 Å². The van der Waals surface area contributed by atoms with Gasteiger partial charge in [-0.25, -0.2) is 13.4 Å². The van der Waals surface area contributed by atoms with Gasteiger partial charge in [-0.3, -0.25) is 0 Å². The molecule has 5 nitrogen and oxygen atoms in total. The van der Waals surface area contributed by atoms with Gasteiger partial charge in [-0.1, -0.05) is 18.9 Å². The average Bonchev–Trinajstić information content (AvgIpc) is 2.96. The molecule has 1 aromatic rings.